The molecule has 0 aromatic heterocycles. The highest BCUT2D eigenvalue weighted by molar-refractivity contribution is 7.99. The van der Waals surface area contributed by atoms with E-state index in [1.54, 1.807) is 5.56 Å². The van der Waals surface area contributed by atoms with Gasteiger partial charge in [0, 0.05) is 37.3 Å². The molecule has 3 heteroatoms. The van der Waals surface area contributed by atoms with Gasteiger partial charge in [0.25, 0.3) is 0 Å². The summed E-state index contributed by atoms with van der Waals surface area (Å²) < 4.78 is 0. The summed E-state index contributed by atoms with van der Waals surface area (Å²) >= 11 is 2.10. The van der Waals surface area contributed by atoms with Crippen molar-refractivity contribution in [1.29, 1.82) is 0 Å². The Morgan fingerprint density at radius 3 is 3.11 bits per heavy atom. The summed E-state index contributed by atoms with van der Waals surface area (Å²) in [6, 6.07) is 9.71. The molecule has 1 aromatic carbocycles. The van der Waals surface area contributed by atoms with Crippen LogP contribution in [0.3, 0.4) is 0 Å². The maximum atomic E-state index is 3.56. The van der Waals surface area contributed by atoms with E-state index >= 15 is 0 Å². The number of likely N-dealkylation sites (N-methyl/N-ethyl adjacent to an activating group) is 1. The summed E-state index contributed by atoms with van der Waals surface area (Å²) in [5.74, 6) is 3.32. The largest absolute Gasteiger partial charge is 0.312 e. The molecule has 3 rings (SSSR count). The molecule has 0 bridgehead atoms. The Kier molecular flexibility index (Phi) is 3.92. The lowest BCUT2D eigenvalue weighted by atomic mass is 9.90. The number of rotatable bonds is 3. The predicted molar refractivity (Wildman–Crippen MR) is 79.2 cm³/mol. The van der Waals surface area contributed by atoms with Gasteiger partial charge in [-0.25, -0.2) is 0 Å². The van der Waals surface area contributed by atoms with E-state index in [9.17, 15) is 0 Å². The molecule has 0 saturated carbocycles. The summed E-state index contributed by atoms with van der Waals surface area (Å²) in [7, 11) is 2.30. The number of thioether (sulfide) groups is 1. The zero-order chi connectivity index (χ0) is 12.4. The maximum Gasteiger partial charge on any atom is 0.0208 e. The standard InChI is InChI=1S/C15H22N2S/c1-17(14-6-7-18-11-14)10-13-9-16-8-12-4-2-3-5-15(12)13/h2-5,13-14,16H,6-11H2,1H3. The molecule has 98 valence electrons. The van der Waals surface area contributed by atoms with Crippen LogP contribution >= 0.6 is 11.8 Å². The van der Waals surface area contributed by atoms with E-state index < -0.39 is 0 Å². The molecule has 1 N–H and O–H groups in total. The minimum Gasteiger partial charge on any atom is -0.312 e. The smallest absolute Gasteiger partial charge is 0.0208 e. The van der Waals surface area contributed by atoms with Gasteiger partial charge in [-0.05, 0) is 30.3 Å². The second-order valence-corrected chi connectivity index (χ2v) is 6.63. The highest BCUT2D eigenvalue weighted by Crippen LogP contribution is 2.27. The highest BCUT2D eigenvalue weighted by Gasteiger charge is 2.25. The zero-order valence-electron chi connectivity index (χ0n) is 11.1. The number of fused-ring (bicyclic) bond motifs is 1. The minimum atomic E-state index is 0.658. The van der Waals surface area contributed by atoms with Crippen molar-refractivity contribution in [1.82, 2.24) is 10.2 Å². The Morgan fingerprint density at radius 1 is 1.39 bits per heavy atom. The van der Waals surface area contributed by atoms with Crippen LogP contribution in [0.25, 0.3) is 0 Å². The molecule has 0 spiro atoms. The van der Waals surface area contributed by atoms with Gasteiger partial charge in [-0.15, -0.1) is 0 Å². The lowest BCUT2D eigenvalue weighted by Crippen LogP contribution is -2.39. The molecule has 2 nitrogen and oxygen atoms in total. The van der Waals surface area contributed by atoms with Crippen LogP contribution in [-0.4, -0.2) is 42.6 Å². The summed E-state index contributed by atoms with van der Waals surface area (Å²) in [4.78, 5) is 2.58. The lowest BCUT2D eigenvalue weighted by molar-refractivity contribution is 0.240. The van der Waals surface area contributed by atoms with Crippen LogP contribution in [0.15, 0.2) is 24.3 Å². The van der Waals surface area contributed by atoms with Gasteiger partial charge in [-0.1, -0.05) is 24.3 Å². The van der Waals surface area contributed by atoms with Gasteiger partial charge in [0.1, 0.15) is 0 Å². The maximum absolute atomic E-state index is 3.56. The molecule has 0 aliphatic carbocycles. The molecule has 18 heavy (non-hydrogen) atoms. The fourth-order valence-corrected chi connectivity index (χ4v) is 4.41. The van der Waals surface area contributed by atoms with Crippen molar-refractivity contribution in [3.05, 3.63) is 35.4 Å². The van der Waals surface area contributed by atoms with E-state index in [2.05, 4.69) is 53.3 Å². The molecule has 1 aromatic rings. The first kappa shape index (κ1) is 12.5. The van der Waals surface area contributed by atoms with E-state index in [1.807, 2.05) is 0 Å². The van der Waals surface area contributed by atoms with Gasteiger partial charge >= 0.3 is 0 Å². The first-order valence-electron chi connectivity index (χ1n) is 6.91. The quantitative estimate of drug-likeness (QED) is 0.900. The van der Waals surface area contributed by atoms with Crippen LogP contribution < -0.4 is 5.32 Å². The SMILES string of the molecule is CN(CC1CNCc2ccccc21)C1CCSC1. The third-order valence-corrected chi connectivity index (χ3v) is 5.38. The van der Waals surface area contributed by atoms with Crippen LogP contribution in [0.2, 0.25) is 0 Å². The number of benzene rings is 1. The first-order chi connectivity index (χ1) is 8.84. The molecule has 1 fully saturated rings. The van der Waals surface area contributed by atoms with E-state index in [4.69, 9.17) is 0 Å². The fourth-order valence-electron chi connectivity index (χ4n) is 3.11. The average Bonchev–Trinajstić information content (AvgIpc) is 2.93. The van der Waals surface area contributed by atoms with Crippen molar-refractivity contribution in [2.24, 2.45) is 0 Å². The summed E-state index contributed by atoms with van der Waals surface area (Å²) in [6.45, 7) is 3.35. The van der Waals surface area contributed by atoms with Gasteiger partial charge in [0.15, 0.2) is 0 Å². The number of nitrogens with zero attached hydrogens (tertiary/aromatic N) is 1. The van der Waals surface area contributed by atoms with E-state index in [1.165, 1.54) is 30.0 Å². The third-order valence-electron chi connectivity index (χ3n) is 4.24. The minimum absolute atomic E-state index is 0.658. The monoisotopic (exact) mass is 262 g/mol. The molecule has 2 aliphatic rings. The molecular formula is C15H22N2S. The molecule has 2 heterocycles. The summed E-state index contributed by atoms with van der Waals surface area (Å²) in [5, 5.41) is 3.56. The molecule has 2 atom stereocenters. The zero-order valence-corrected chi connectivity index (χ0v) is 11.9. The molecule has 0 radical (unpaired) electrons. The Bertz CT molecular complexity index is 401. The predicted octanol–water partition coefficient (Wildman–Crippen LogP) is 2.31. The molecule has 1 saturated heterocycles. The molecule has 2 aliphatic heterocycles. The Hall–Kier alpha value is -0.510. The first-order valence-corrected chi connectivity index (χ1v) is 8.06. The van der Waals surface area contributed by atoms with Crippen LogP contribution in [0.1, 0.15) is 23.5 Å². The lowest BCUT2D eigenvalue weighted by Gasteiger charge is -2.32. The van der Waals surface area contributed by atoms with Crippen molar-refractivity contribution in [3.63, 3.8) is 0 Å². The van der Waals surface area contributed by atoms with Crippen molar-refractivity contribution < 1.29 is 0 Å². The molecule has 0 amide bonds. The second kappa shape index (κ2) is 5.64. The van der Waals surface area contributed by atoms with Gasteiger partial charge < -0.3 is 10.2 Å². The van der Waals surface area contributed by atoms with Crippen LogP contribution in [-0.2, 0) is 6.54 Å². The van der Waals surface area contributed by atoms with Crippen molar-refractivity contribution >= 4 is 11.8 Å². The van der Waals surface area contributed by atoms with Gasteiger partial charge in [0.2, 0.25) is 0 Å². The Labute approximate surface area is 114 Å². The van der Waals surface area contributed by atoms with Gasteiger partial charge in [-0.3, -0.25) is 0 Å². The average molecular weight is 262 g/mol. The van der Waals surface area contributed by atoms with E-state index in [0.29, 0.717) is 5.92 Å². The topological polar surface area (TPSA) is 15.3 Å². The van der Waals surface area contributed by atoms with Crippen molar-refractivity contribution in [3.8, 4) is 0 Å². The summed E-state index contributed by atoms with van der Waals surface area (Å²) in [6.07, 6.45) is 1.36. The Balaban J connectivity index is 1.70. The van der Waals surface area contributed by atoms with Gasteiger partial charge in [-0.2, -0.15) is 11.8 Å². The molecule has 2 unspecified atom stereocenters. The molecular weight excluding hydrogens is 240 g/mol. The number of hydrogen-bond acceptors (Lipinski definition) is 3. The van der Waals surface area contributed by atoms with E-state index in [-0.39, 0.29) is 0 Å². The highest BCUT2D eigenvalue weighted by atomic mass is 32.2. The second-order valence-electron chi connectivity index (χ2n) is 5.48. The fraction of sp³-hybridized carbons (Fsp3) is 0.600. The Morgan fingerprint density at radius 2 is 2.28 bits per heavy atom. The van der Waals surface area contributed by atoms with Crippen molar-refractivity contribution in [2.75, 3.05) is 31.6 Å². The van der Waals surface area contributed by atoms with Crippen LogP contribution in [0, 0.1) is 0 Å². The van der Waals surface area contributed by atoms with Gasteiger partial charge in [0.05, 0.1) is 0 Å². The normalized spacial score (nSPS) is 27.4. The number of nitrogens with one attached hydrogen (secondary N) is 1. The third kappa shape index (κ3) is 2.58. The summed E-state index contributed by atoms with van der Waals surface area (Å²) in [5.41, 5.74) is 3.05. The van der Waals surface area contributed by atoms with E-state index in [0.717, 1.165) is 19.1 Å². The van der Waals surface area contributed by atoms with Crippen molar-refractivity contribution in [2.45, 2.75) is 24.9 Å². The van der Waals surface area contributed by atoms with Crippen LogP contribution in [0.4, 0.5) is 0 Å². The number of hydrogen-bond donors (Lipinski definition) is 1. The van der Waals surface area contributed by atoms with Crippen LogP contribution in [0.5, 0.6) is 0 Å².